The van der Waals surface area contributed by atoms with E-state index >= 15 is 0 Å². The van der Waals surface area contributed by atoms with E-state index in [2.05, 4.69) is 33.9 Å². The van der Waals surface area contributed by atoms with E-state index in [1.165, 1.54) is 16.5 Å². The molecule has 1 aromatic rings. The number of rotatable bonds is 2. The van der Waals surface area contributed by atoms with E-state index in [0.717, 1.165) is 0 Å². The standard InChI is InChI=1S/C7H11B2N.C6H14O2/c8-6-1-5(4-10)2-7(9)3-6;1-5(2,7)6(3,4)8/h1-3H,4,8-10H2;7-8H,1-4H3. The molecule has 0 aliphatic heterocycles. The Hall–Kier alpha value is -0.770. The van der Waals surface area contributed by atoms with Gasteiger partial charge in [0.05, 0.1) is 11.2 Å². The Labute approximate surface area is 112 Å². The van der Waals surface area contributed by atoms with Crippen LogP contribution in [-0.4, -0.2) is 37.1 Å². The number of aliphatic hydroxyl groups is 2. The lowest BCUT2D eigenvalue weighted by atomic mass is 9.85. The monoisotopic (exact) mass is 249 g/mol. The molecule has 0 aliphatic carbocycles. The number of nitrogens with two attached hydrogens (primary N) is 1. The summed E-state index contributed by atoms with van der Waals surface area (Å²) < 4.78 is 0. The quantitative estimate of drug-likeness (QED) is 0.541. The Morgan fingerprint density at radius 1 is 0.944 bits per heavy atom. The van der Waals surface area contributed by atoms with Gasteiger partial charge in [0, 0.05) is 6.54 Å². The molecular formula is C13H25B2NO2. The summed E-state index contributed by atoms with van der Waals surface area (Å²) in [5.41, 5.74) is 7.28. The van der Waals surface area contributed by atoms with Crippen molar-refractivity contribution in [2.24, 2.45) is 5.73 Å². The molecule has 0 saturated carbocycles. The summed E-state index contributed by atoms with van der Waals surface area (Å²) in [6.07, 6.45) is 0. The maximum absolute atomic E-state index is 9.10. The zero-order valence-electron chi connectivity index (χ0n) is 12.4. The number of hydrogen-bond donors (Lipinski definition) is 3. The second kappa shape index (κ2) is 6.41. The van der Waals surface area contributed by atoms with E-state index < -0.39 is 11.2 Å². The van der Waals surface area contributed by atoms with Crippen molar-refractivity contribution in [3.63, 3.8) is 0 Å². The topological polar surface area (TPSA) is 66.5 Å². The third kappa shape index (κ3) is 6.24. The molecule has 5 heteroatoms. The minimum absolute atomic E-state index is 0.641. The predicted octanol–water partition coefficient (Wildman–Crippen LogP) is -1.81. The van der Waals surface area contributed by atoms with E-state index in [0.29, 0.717) is 6.54 Å². The normalized spacial score (nSPS) is 11.7. The molecule has 1 rings (SSSR count). The Morgan fingerprint density at radius 3 is 1.50 bits per heavy atom. The lowest BCUT2D eigenvalue weighted by molar-refractivity contribution is -0.107. The second-order valence-corrected chi connectivity index (χ2v) is 5.82. The van der Waals surface area contributed by atoms with Crippen LogP contribution in [0, 0.1) is 0 Å². The summed E-state index contributed by atoms with van der Waals surface area (Å²) in [7, 11) is 4.18. The van der Waals surface area contributed by atoms with Crippen molar-refractivity contribution >= 4 is 26.6 Å². The van der Waals surface area contributed by atoms with Crippen LogP contribution < -0.4 is 16.7 Å². The van der Waals surface area contributed by atoms with E-state index in [4.69, 9.17) is 15.9 Å². The average Bonchev–Trinajstić information content (AvgIpc) is 2.13. The third-order valence-corrected chi connectivity index (χ3v) is 3.01. The van der Waals surface area contributed by atoms with Gasteiger partial charge < -0.3 is 15.9 Å². The van der Waals surface area contributed by atoms with E-state index in [1.807, 2.05) is 0 Å². The molecule has 0 aromatic heterocycles. The molecule has 1 aromatic carbocycles. The van der Waals surface area contributed by atoms with Crippen LogP contribution in [0.5, 0.6) is 0 Å². The first kappa shape index (κ1) is 17.2. The molecule has 0 heterocycles. The van der Waals surface area contributed by atoms with Gasteiger partial charge in [-0.25, -0.2) is 0 Å². The molecule has 0 atom stereocenters. The smallest absolute Gasteiger partial charge is 0.139 e. The Bertz CT molecular complexity index is 349. The van der Waals surface area contributed by atoms with Gasteiger partial charge >= 0.3 is 0 Å². The van der Waals surface area contributed by atoms with Crippen LogP contribution in [0.4, 0.5) is 0 Å². The van der Waals surface area contributed by atoms with Crippen LogP contribution in [0.15, 0.2) is 18.2 Å². The summed E-state index contributed by atoms with van der Waals surface area (Å²) in [6, 6.07) is 6.39. The van der Waals surface area contributed by atoms with Crippen LogP contribution in [-0.2, 0) is 6.54 Å². The lowest BCUT2D eigenvalue weighted by Gasteiger charge is -2.31. The van der Waals surface area contributed by atoms with E-state index in [1.54, 1.807) is 27.7 Å². The van der Waals surface area contributed by atoms with Gasteiger partial charge in [-0.2, -0.15) is 0 Å². The minimum atomic E-state index is -1.01. The van der Waals surface area contributed by atoms with Crippen molar-refractivity contribution < 1.29 is 10.2 Å². The fourth-order valence-electron chi connectivity index (χ4n) is 1.19. The van der Waals surface area contributed by atoms with Crippen LogP contribution in [0.25, 0.3) is 0 Å². The van der Waals surface area contributed by atoms with Crippen LogP contribution in [0.3, 0.4) is 0 Å². The highest BCUT2D eigenvalue weighted by Crippen LogP contribution is 2.19. The number of benzene rings is 1. The highest BCUT2D eigenvalue weighted by Gasteiger charge is 2.31. The Morgan fingerprint density at radius 2 is 1.28 bits per heavy atom. The van der Waals surface area contributed by atoms with Crippen molar-refractivity contribution in [1.29, 1.82) is 0 Å². The van der Waals surface area contributed by atoms with Gasteiger partial charge in [0.15, 0.2) is 0 Å². The van der Waals surface area contributed by atoms with Gasteiger partial charge in [-0.3, -0.25) is 0 Å². The largest absolute Gasteiger partial charge is 0.387 e. The van der Waals surface area contributed by atoms with Crippen molar-refractivity contribution in [3.8, 4) is 0 Å². The van der Waals surface area contributed by atoms with Crippen molar-refractivity contribution in [1.82, 2.24) is 0 Å². The Kier molecular flexibility index (Phi) is 6.14. The molecule has 0 saturated heterocycles. The van der Waals surface area contributed by atoms with Gasteiger partial charge in [-0.05, 0) is 33.3 Å². The second-order valence-electron chi connectivity index (χ2n) is 5.82. The number of hydrogen-bond acceptors (Lipinski definition) is 3. The molecule has 0 spiro atoms. The molecule has 0 bridgehead atoms. The molecule has 0 radical (unpaired) electrons. The summed E-state index contributed by atoms with van der Waals surface area (Å²) in [5, 5.41) is 18.2. The fraction of sp³-hybridized carbons (Fsp3) is 0.538. The summed E-state index contributed by atoms with van der Waals surface area (Å²) >= 11 is 0. The van der Waals surface area contributed by atoms with Crippen LogP contribution in [0.2, 0.25) is 0 Å². The molecule has 0 amide bonds. The fourth-order valence-corrected chi connectivity index (χ4v) is 1.19. The molecule has 0 aliphatic rings. The molecule has 3 nitrogen and oxygen atoms in total. The molecule has 100 valence electrons. The molecular weight excluding hydrogens is 224 g/mol. The summed E-state index contributed by atoms with van der Waals surface area (Å²) in [5.74, 6) is 0. The zero-order chi connectivity index (χ0) is 14.6. The highest BCUT2D eigenvalue weighted by atomic mass is 16.3. The predicted molar refractivity (Wildman–Crippen MR) is 83.3 cm³/mol. The third-order valence-electron chi connectivity index (χ3n) is 3.01. The van der Waals surface area contributed by atoms with Gasteiger partial charge in [-0.1, -0.05) is 29.1 Å². The Balaban J connectivity index is 0.000000331. The van der Waals surface area contributed by atoms with E-state index in [-0.39, 0.29) is 0 Å². The zero-order valence-corrected chi connectivity index (χ0v) is 12.4. The first-order valence-electron chi connectivity index (χ1n) is 6.19. The molecule has 18 heavy (non-hydrogen) atoms. The summed E-state index contributed by atoms with van der Waals surface area (Å²) in [6.45, 7) is 6.95. The first-order valence-corrected chi connectivity index (χ1v) is 6.19. The van der Waals surface area contributed by atoms with Crippen LogP contribution in [0.1, 0.15) is 33.3 Å². The maximum Gasteiger partial charge on any atom is 0.139 e. The lowest BCUT2D eigenvalue weighted by Crippen LogP contribution is -2.44. The first-order chi connectivity index (χ1) is 7.97. The van der Waals surface area contributed by atoms with Gasteiger partial charge in [-0.15, -0.1) is 0 Å². The van der Waals surface area contributed by atoms with Gasteiger partial charge in [0.2, 0.25) is 0 Å². The van der Waals surface area contributed by atoms with Crippen molar-refractivity contribution in [3.05, 3.63) is 23.8 Å². The molecule has 4 N–H and O–H groups in total. The van der Waals surface area contributed by atoms with Crippen molar-refractivity contribution in [2.75, 3.05) is 0 Å². The summed E-state index contributed by atoms with van der Waals surface area (Å²) in [4.78, 5) is 0. The van der Waals surface area contributed by atoms with Crippen LogP contribution >= 0.6 is 0 Å². The minimum Gasteiger partial charge on any atom is -0.387 e. The van der Waals surface area contributed by atoms with Crippen molar-refractivity contribution in [2.45, 2.75) is 45.4 Å². The van der Waals surface area contributed by atoms with Gasteiger partial charge in [0.25, 0.3) is 0 Å². The van der Waals surface area contributed by atoms with E-state index in [9.17, 15) is 0 Å². The average molecular weight is 249 g/mol. The highest BCUT2D eigenvalue weighted by molar-refractivity contribution is 6.37. The molecule has 0 fully saturated rings. The SMILES string of the molecule is Bc1cc(B)cc(CN)c1.CC(C)(O)C(C)(C)O. The maximum atomic E-state index is 9.10. The van der Waals surface area contributed by atoms with Gasteiger partial charge in [0.1, 0.15) is 15.7 Å². The molecule has 0 unspecified atom stereocenters.